The van der Waals surface area contributed by atoms with Crippen LogP contribution in [0.15, 0.2) is 18.2 Å². The summed E-state index contributed by atoms with van der Waals surface area (Å²) in [6.45, 7) is 0.551. The molecule has 0 aromatic heterocycles. The van der Waals surface area contributed by atoms with Crippen molar-refractivity contribution in [2.24, 2.45) is 0 Å². The van der Waals surface area contributed by atoms with Gasteiger partial charge in [-0.05, 0) is 37.5 Å². The van der Waals surface area contributed by atoms with Gasteiger partial charge in [0.2, 0.25) is 0 Å². The summed E-state index contributed by atoms with van der Waals surface area (Å²) >= 11 is 0. The zero-order valence-corrected chi connectivity index (χ0v) is 10.7. The van der Waals surface area contributed by atoms with Crippen LogP contribution in [0.3, 0.4) is 0 Å². The molecule has 0 fully saturated rings. The van der Waals surface area contributed by atoms with Gasteiger partial charge in [-0.15, -0.1) is 0 Å². The first kappa shape index (κ1) is 16.3. The van der Waals surface area contributed by atoms with Crippen LogP contribution >= 0.6 is 0 Å². The molecule has 3 N–H and O–H groups in total. The van der Waals surface area contributed by atoms with E-state index < -0.39 is 23.3 Å². The molecule has 0 spiro atoms. The Balaban J connectivity index is 2.77. The molecule has 0 unspecified atom stereocenters. The molecule has 0 amide bonds. The minimum Gasteiger partial charge on any atom is -0.478 e. The summed E-state index contributed by atoms with van der Waals surface area (Å²) in [5.41, 5.74) is -1.69. The van der Waals surface area contributed by atoms with Crippen LogP contribution in [0.1, 0.15) is 35.2 Å². The van der Waals surface area contributed by atoms with Gasteiger partial charge in [0.15, 0.2) is 0 Å². The highest BCUT2D eigenvalue weighted by molar-refractivity contribution is 5.90. The van der Waals surface area contributed by atoms with Gasteiger partial charge in [-0.1, -0.05) is 0 Å². The van der Waals surface area contributed by atoms with Crippen LogP contribution in [0, 0.1) is 0 Å². The number of aliphatic hydroxyl groups excluding tert-OH is 1. The standard InChI is InChI=1S/C13H16F3NO3/c14-13(15,16)11-8-9(4-5-10(11)12(19)20)17-6-2-1-3-7-18/h4-5,8,17-18H,1-3,6-7H2,(H,19,20). The average Bonchev–Trinajstić information content (AvgIpc) is 2.37. The third-order valence-electron chi connectivity index (χ3n) is 2.72. The van der Waals surface area contributed by atoms with E-state index in [4.69, 9.17) is 10.2 Å². The topological polar surface area (TPSA) is 69.6 Å². The number of benzene rings is 1. The van der Waals surface area contributed by atoms with E-state index in [-0.39, 0.29) is 12.3 Å². The molecule has 0 aliphatic rings. The quantitative estimate of drug-likeness (QED) is 0.675. The number of anilines is 1. The van der Waals surface area contributed by atoms with Crippen molar-refractivity contribution in [2.75, 3.05) is 18.5 Å². The SMILES string of the molecule is O=C(O)c1ccc(NCCCCCO)cc1C(F)(F)F. The Labute approximate surface area is 114 Å². The smallest absolute Gasteiger partial charge is 0.417 e. The number of aromatic carboxylic acids is 1. The summed E-state index contributed by atoms with van der Waals surface area (Å²) in [4.78, 5) is 10.8. The minimum absolute atomic E-state index is 0.0888. The molecule has 20 heavy (non-hydrogen) atoms. The molecule has 1 aromatic carbocycles. The van der Waals surface area contributed by atoms with Crippen LogP contribution in [-0.4, -0.2) is 29.3 Å². The summed E-state index contributed by atoms with van der Waals surface area (Å²) in [6.07, 6.45) is -2.58. The van der Waals surface area contributed by atoms with E-state index in [0.717, 1.165) is 18.6 Å². The van der Waals surface area contributed by atoms with Gasteiger partial charge in [0, 0.05) is 18.8 Å². The minimum atomic E-state index is -4.71. The maximum atomic E-state index is 12.8. The van der Waals surface area contributed by atoms with Crippen molar-refractivity contribution in [3.05, 3.63) is 29.3 Å². The van der Waals surface area contributed by atoms with Crippen LogP contribution in [0.4, 0.5) is 18.9 Å². The Hall–Kier alpha value is -1.76. The summed E-state index contributed by atoms with van der Waals surface area (Å²) in [5, 5.41) is 20.1. The van der Waals surface area contributed by atoms with Crippen molar-refractivity contribution in [2.45, 2.75) is 25.4 Å². The Morgan fingerprint density at radius 2 is 1.90 bits per heavy atom. The van der Waals surface area contributed by atoms with E-state index in [9.17, 15) is 18.0 Å². The normalized spacial score (nSPS) is 11.4. The number of alkyl halides is 3. The van der Waals surface area contributed by atoms with Gasteiger partial charge in [0.05, 0.1) is 11.1 Å². The monoisotopic (exact) mass is 291 g/mol. The van der Waals surface area contributed by atoms with Gasteiger partial charge < -0.3 is 15.5 Å². The van der Waals surface area contributed by atoms with Crippen molar-refractivity contribution in [3.8, 4) is 0 Å². The summed E-state index contributed by atoms with van der Waals surface area (Å²) in [7, 11) is 0. The van der Waals surface area contributed by atoms with Crippen LogP contribution in [0.25, 0.3) is 0 Å². The van der Waals surface area contributed by atoms with Gasteiger partial charge in [-0.3, -0.25) is 0 Å². The molecule has 0 atom stereocenters. The molecule has 4 nitrogen and oxygen atoms in total. The lowest BCUT2D eigenvalue weighted by atomic mass is 10.1. The Morgan fingerprint density at radius 1 is 1.20 bits per heavy atom. The number of aliphatic hydroxyl groups is 1. The fraction of sp³-hybridized carbons (Fsp3) is 0.462. The molecule has 0 saturated heterocycles. The first-order valence-corrected chi connectivity index (χ1v) is 6.15. The molecule has 1 aromatic rings. The number of unbranched alkanes of at least 4 members (excludes halogenated alkanes) is 2. The number of carboxylic acids is 1. The van der Waals surface area contributed by atoms with E-state index in [1.165, 1.54) is 6.07 Å². The summed E-state index contributed by atoms with van der Waals surface area (Å²) in [5.74, 6) is -1.60. The second-order valence-electron chi connectivity index (χ2n) is 4.27. The summed E-state index contributed by atoms with van der Waals surface area (Å²) in [6, 6.07) is 3.06. The lowest BCUT2D eigenvalue weighted by Crippen LogP contribution is -2.14. The zero-order chi connectivity index (χ0) is 15.2. The van der Waals surface area contributed by atoms with Gasteiger partial charge in [-0.25, -0.2) is 4.79 Å². The predicted molar refractivity (Wildman–Crippen MR) is 67.8 cm³/mol. The Morgan fingerprint density at radius 3 is 2.45 bits per heavy atom. The van der Waals surface area contributed by atoms with E-state index >= 15 is 0 Å². The molecular formula is C13H16F3NO3. The third kappa shape index (κ3) is 4.73. The highest BCUT2D eigenvalue weighted by atomic mass is 19.4. The van der Waals surface area contributed by atoms with Crippen LogP contribution < -0.4 is 5.32 Å². The number of rotatable bonds is 7. The fourth-order valence-corrected chi connectivity index (χ4v) is 1.72. The van der Waals surface area contributed by atoms with Gasteiger partial charge in [0.1, 0.15) is 0 Å². The van der Waals surface area contributed by atoms with E-state index in [2.05, 4.69) is 5.32 Å². The molecule has 1 rings (SSSR count). The van der Waals surface area contributed by atoms with Crippen molar-refractivity contribution in [1.29, 1.82) is 0 Å². The average molecular weight is 291 g/mol. The maximum absolute atomic E-state index is 12.8. The van der Waals surface area contributed by atoms with Crippen molar-refractivity contribution in [1.82, 2.24) is 0 Å². The fourth-order valence-electron chi connectivity index (χ4n) is 1.72. The van der Waals surface area contributed by atoms with Crippen molar-refractivity contribution >= 4 is 11.7 Å². The van der Waals surface area contributed by atoms with Crippen LogP contribution in [0.2, 0.25) is 0 Å². The van der Waals surface area contributed by atoms with Crippen molar-refractivity contribution < 1.29 is 28.2 Å². The number of halogens is 3. The van der Waals surface area contributed by atoms with Gasteiger partial charge in [-0.2, -0.15) is 13.2 Å². The Bertz CT molecular complexity index is 461. The molecule has 0 heterocycles. The second kappa shape index (κ2) is 7.14. The first-order chi connectivity index (χ1) is 9.36. The lowest BCUT2D eigenvalue weighted by Gasteiger charge is -2.13. The molecule has 0 aliphatic carbocycles. The highest BCUT2D eigenvalue weighted by Gasteiger charge is 2.35. The predicted octanol–water partition coefficient (Wildman–Crippen LogP) is 2.98. The molecule has 0 saturated carbocycles. The van der Waals surface area contributed by atoms with Crippen molar-refractivity contribution in [3.63, 3.8) is 0 Å². The highest BCUT2D eigenvalue weighted by Crippen LogP contribution is 2.33. The number of hydrogen-bond donors (Lipinski definition) is 3. The van der Waals surface area contributed by atoms with Crippen LogP contribution in [0.5, 0.6) is 0 Å². The molecule has 7 heteroatoms. The summed E-state index contributed by atoms with van der Waals surface area (Å²) < 4.78 is 38.3. The van der Waals surface area contributed by atoms with Crippen LogP contribution in [-0.2, 0) is 6.18 Å². The van der Waals surface area contributed by atoms with E-state index in [1.807, 2.05) is 0 Å². The van der Waals surface area contributed by atoms with E-state index in [1.54, 1.807) is 0 Å². The molecule has 0 bridgehead atoms. The first-order valence-electron chi connectivity index (χ1n) is 6.15. The molecule has 0 radical (unpaired) electrons. The third-order valence-corrected chi connectivity index (χ3v) is 2.72. The molecule has 0 aliphatic heterocycles. The van der Waals surface area contributed by atoms with E-state index in [0.29, 0.717) is 19.4 Å². The number of carboxylic acid groups (broad SMARTS) is 1. The maximum Gasteiger partial charge on any atom is 0.417 e. The number of nitrogens with one attached hydrogen (secondary N) is 1. The molecular weight excluding hydrogens is 275 g/mol. The molecule has 112 valence electrons. The largest absolute Gasteiger partial charge is 0.478 e. The second-order valence-corrected chi connectivity index (χ2v) is 4.27. The zero-order valence-electron chi connectivity index (χ0n) is 10.7. The van der Waals surface area contributed by atoms with Gasteiger partial charge in [0.25, 0.3) is 0 Å². The number of hydrogen-bond acceptors (Lipinski definition) is 3. The lowest BCUT2D eigenvalue weighted by molar-refractivity contribution is -0.138. The Kier molecular flexibility index (Phi) is 5.82. The number of carbonyl (C=O) groups is 1. The van der Waals surface area contributed by atoms with Gasteiger partial charge >= 0.3 is 12.1 Å².